The van der Waals surface area contributed by atoms with Crippen LogP contribution in [-0.2, 0) is 0 Å². The minimum Gasteiger partial charge on any atom is -0.334 e. The topological polar surface area (TPSA) is 56.1 Å². The Hall–Kier alpha value is -1.93. The molecule has 20 heavy (non-hydrogen) atoms. The highest BCUT2D eigenvalue weighted by atomic mass is 19.1. The SMILES string of the molecule is Cc1cc(C(=O)NC2(C#N)CCN(C)CC2)ccc1F. The molecule has 1 amide bonds. The van der Waals surface area contributed by atoms with Crippen LogP contribution < -0.4 is 5.32 Å². The predicted octanol–water partition coefficient (Wildman–Crippen LogP) is 1.85. The molecule has 1 aromatic carbocycles. The molecule has 1 N–H and O–H groups in total. The van der Waals surface area contributed by atoms with Crippen molar-refractivity contribution in [2.45, 2.75) is 25.3 Å². The number of nitriles is 1. The average molecular weight is 275 g/mol. The first-order valence-corrected chi connectivity index (χ1v) is 6.64. The van der Waals surface area contributed by atoms with Gasteiger partial charge in [-0.25, -0.2) is 4.39 Å². The first-order chi connectivity index (χ1) is 9.46. The van der Waals surface area contributed by atoms with Crippen LogP contribution in [0.25, 0.3) is 0 Å². The van der Waals surface area contributed by atoms with Crippen LogP contribution >= 0.6 is 0 Å². The molecule has 1 saturated heterocycles. The van der Waals surface area contributed by atoms with Gasteiger partial charge in [-0.3, -0.25) is 4.79 Å². The summed E-state index contributed by atoms with van der Waals surface area (Å²) in [5.41, 5.74) is -0.00390. The molecule has 0 radical (unpaired) electrons. The molecule has 5 heteroatoms. The molecule has 4 nitrogen and oxygen atoms in total. The molecule has 0 atom stereocenters. The maximum atomic E-state index is 13.2. The van der Waals surface area contributed by atoms with E-state index >= 15 is 0 Å². The zero-order valence-electron chi connectivity index (χ0n) is 11.7. The Morgan fingerprint density at radius 1 is 1.45 bits per heavy atom. The third kappa shape index (κ3) is 2.97. The van der Waals surface area contributed by atoms with Crippen LogP contribution in [-0.4, -0.2) is 36.5 Å². The number of nitrogens with one attached hydrogen (secondary N) is 1. The Kier molecular flexibility index (Phi) is 4.05. The van der Waals surface area contributed by atoms with E-state index in [1.165, 1.54) is 18.2 Å². The highest BCUT2D eigenvalue weighted by Crippen LogP contribution is 2.21. The Morgan fingerprint density at radius 2 is 2.10 bits per heavy atom. The summed E-state index contributed by atoms with van der Waals surface area (Å²) >= 11 is 0. The van der Waals surface area contributed by atoms with Crippen molar-refractivity contribution in [2.75, 3.05) is 20.1 Å². The second-order valence-corrected chi connectivity index (χ2v) is 5.42. The number of nitrogens with zero attached hydrogens (tertiary/aromatic N) is 2. The summed E-state index contributed by atoms with van der Waals surface area (Å²) in [7, 11) is 1.99. The molecule has 1 aliphatic heterocycles. The fraction of sp³-hybridized carbons (Fsp3) is 0.467. The molecule has 0 unspecified atom stereocenters. The van der Waals surface area contributed by atoms with Gasteiger partial charge < -0.3 is 10.2 Å². The zero-order valence-corrected chi connectivity index (χ0v) is 11.7. The summed E-state index contributed by atoms with van der Waals surface area (Å²) in [6, 6.07) is 6.45. The van der Waals surface area contributed by atoms with Gasteiger partial charge in [0.05, 0.1) is 6.07 Å². The maximum Gasteiger partial charge on any atom is 0.252 e. The number of carbonyl (C=O) groups excluding carboxylic acids is 1. The van der Waals surface area contributed by atoms with Crippen LogP contribution in [0.1, 0.15) is 28.8 Å². The van der Waals surface area contributed by atoms with Crippen molar-refractivity contribution in [3.8, 4) is 6.07 Å². The minimum atomic E-state index is -0.814. The zero-order chi connectivity index (χ0) is 14.8. The van der Waals surface area contributed by atoms with Crippen LogP contribution in [0.5, 0.6) is 0 Å². The summed E-state index contributed by atoms with van der Waals surface area (Å²) in [5.74, 6) is -0.657. The first kappa shape index (κ1) is 14.5. The Balaban J connectivity index is 2.13. The molecular formula is C15H18FN3O. The molecule has 106 valence electrons. The van der Waals surface area contributed by atoms with Crippen molar-refractivity contribution in [2.24, 2.45) is 0 Å². The van der Waals surface area contributed by atoms with Gasteiger partial charge in [0.25, 0.3) is 5.91 Å². The van der Waals surface area contributed by atoms with Crippen LogP contribution in [0.15, 0.2) is 18.2 Å². The molecular weight excluding hydrogens is 257 g/mol. The van der Waals surface area contributed by atoms with E-state index in [4.69, 9.17) is 0 Å². The number of likely N-dealkylation sites (tertiary alicyclic amines) is 1. The molecule has 2 rings (SSSR count). The van der Waals surface area contributed by atoms with Crippen LogP contribution in [0.3, 0.4) is 0 Å². The Labute approximate surface area is 118 Å². The fourth-order valence-electron chi connectivity index (χ4n) is 2.34. The maximum absolute atomic E-state index is 13.2. The summed E-state index contributed by atoms with van der Waals surface area (Å²) in [4.78, 5) is 14.4. The van der Waals surface area contributed by atoms with Crippen LogP contribution in [0.4, 0.5) is 4.39 Å². The van der Waals surface area contributed by atoms with Gasteiger partial charge in [-0.15, -0.1) is 0 Å². The molecule has 1 heterocycles. The van der Waals surface area contributed by atoms with E-state index < -0.39 is 5.54 Å². The lowest BCUT2D eigenvalue weighted by molar-refractivity contribution is 0.0882. The van der Waals surface area contributed by atoms with E-state index in [2.05, 4.69) is 16.3 Å². The molecule has 0 aliphatic carbocycles. The van der Waals surface area contributed by atoms with Crippen molar-refractivity contribution in [3.63, 3.8) is 0 Å². The Morgan fingerprint density at radius 3 is 2.65 bits per heavy atom. The van der Waals surface area contributed by atoms with E-state index in [0.29, 0.717) is 24.0 Å². The van der Waals surface area contributed by atoms with Gasteiger partial charge in [-0.1, -0.05) is 0 Å². The number of hydrogen-bond acceptors (Lipinski definition) is 3. The lowest BCUT2D eigenvalue weighted by Crippen LogP contribution is -2.53. The van der Waals surface area contributed by atoms with Gasteiger partial charge in [0.2, 0.25) is 0 Å². The number of aryl methyl sites for hydroxylation is 1. The van der Waals surface area contributed by atoms with Gasteiger partial charge in [0.15, 0.2) is 0 Å². The third-order valence-corrected chi connectivity index (χ3v) is 3.83. The van der Waals surface area contributed by atoms with Gasteiger partial charge >= 0.3 is 0 Å². The average Bonchev–Trinajstić information content (AvgIpc) is 2.44. The van der Waals surface area contributed by atoms with Crippen molar-refractivity contribution < 1.29 is 9.18 Å². The third-order valence-electron chi connectivity index (χ3n) is 3.83. The quantitative estimate of drug-likeness (QED) is 0.896. The molecule has 1 fully saturated rings. The minimum absolute atomic E-state index is 0.320. The number of amides is 1. The number of piperidine rings is 1. The summed E-state index contributed by atoms with van der Waals surface area (Å²) in [6.45, 7) is 3.16. The van der Waals surface area contributed by atoms with Gasteiger partial charge in [-0.2, -0.15) is 5.26 Å². The highest BCUT2D eigenvalue weighted by Gasteiger charge is 2.35. The van der Waals surface area contributed by atoms with E-state index in [-0.39, 0.29) is 11.7 Å². The number of hydrogen-bond donors (Lipinski definition) is 1. The van der Waals surface area contributed by atoms with E-state index in [0.717, 1.165) is 13.1 Å². The van der Waals surface area contributed by atoms with Crippen molar-refractivity contribution >= 4 is 5.91 Å². The first-order valence-electron chi connectivity index (χ1n) is 6.64. The standard InChI is InChI=1S/C15H18FN3O/c1-11-9-12(3-4-13(11)16)14(20)18-15(10-17)5-7-19(2)8-6-15/h3-4,9H,5-8H2,1-2H3,(H,18,20). The van der Waals surface area contributed by atoms with Gasteiger partial charge in [0, 0.05) is 18.7 Å². The molecule has 0 spiro atoms. The molecule has 1 aliphatic rings. The number of benzene rings is 1. The second kappa shape index (κ2) is 5.59. The van der Waals surface area contributed by atoms with Crippen LogP contribution in [0.2, 0.25) is 0 Å². The monoisotopic (exact) mass is 275 g/mol. The lowest BCUT2D eigenvalue weighted by atomic mass is 9.88. The smallest absolute Gasteiger partial charge is 0.252 e. The lowest BCUT2D eigenvalue weighted by Gasteiger charge is -2.36. The van der Waals surface area contributed by atoms with Gasteiger partial charge in [0.1, 0.15) is 11.4 Å². The second-order valence-electron chi connectivity index (χ2n) is 5.42. The number of carbonyl (C=O) groups is 1. The van der Waals surface area contributed by atoms with Gasteiger partial charge in [-0.05, 0) is 50.6 Å². The van der Waals surface area contributed by atoms with E-state index in [1.807, 2.05) is 7.05 Å². The molecule has 0 saturated carbocycles. The van der Waals surface area contributed by atoms with E-state index in [9.17, 15) is 14.4 Å². The number of rotatable bonds is 2. The predicted molar refractivity (Wildman–Crippen MR) is 73.7 cm³/mol. The number of halogens is 1. The molecule has 0 aromatic heterocycles. The normalized spacial score (nSPS) is 18.3. The van der Waals surface area contributed by atoms with Crippen molar-refractivity contribution in [1.82, 2.24) is 10.2 Å². The molecule has 1 aromatic rings. The van der Waals surface area contributed by atoms with Crippen molar-refractivity contribution in [1.29, 1.82) is 5.26 Å². The largest absolute Gasteiger partial charge is 0.334 e. The van der Waals surface area contributed by atoms with Crippen molar-refractivity contribution in [3.05, 3.63) is 35.1 Å². The highest BCUT2D eigenvalue weighted by molar-refractivity contribution is 5.95. The molecule has 0 bridgehead atoms. The van der Waals surface area contributed by atoms with Crippen LogP contribution in [0, 0.1) is 24.1 Å². The fourth-order valence-corrected chi connectivity index (χ4v) is 2.34. The van der Waals surface area contributed by atoms with E-state index in [1.54, 1.807) is 6.92 Å². The Bertz CT molecular complexity index is 557. The summed E-state index contributed by atoms with van der Waals surface area (Å²) in [5, 5.41) is 12.2. The summed E-state index contributed by atoms with van der Waals surface area (Å²) in [6.07, 6.45) is 1.21. The summed E-state index contributed by atoms with van der Waals surface area (Å²) < 4.78 is 13.2.